The highest BCUT2D eigenvalue weighted by Crippen LogP contribution is 2.32. The van der Waals surface area contributed by atoms with Crippen LogP contribution in [0.4, 0.5) is 18.9 Å². The first-order valence-electron chi connectivity index (χ1n) is 8.48. The molecule has 2 aromatic rings. The highest BCUT2D eigenvalue weighted by molar-refractivity contribution is 5.97. The normalized spacial score (nSPS) is 13.9. The third-order valence-corrected chi connectivity index (χ3v) is 3.79. The second-order valence-corrected chi connectivity index (χ2v) is 5.97. The number of hydrogen-bond donors (Lipinski definition) is 1. The van der Waals surface area contributed by atoms with E-state index in [9.17, 15) is 22.8 Å². The average Bonchev–Trinajstić information content (AvgIpc) is 2.67. The molecule has 3 rings (SSSR count). The first-order valence-corrected chi connectivity index (χ1v) is 8.48. The Kier molecular flexibility index (Phi) is 5.81. The number of alkyl halides is 3. The Bertz CT molecular complexity index is 898. The number of nitrogens with one attached hydrogen (secondary N) is 1. The fourth-order valence-electron chi connectivity index (χ4n) is 2.44. The molecule has 1 atom stereocenters. The number of amides is 1. The Morgan fingerprint density at radius 2 is 1.69 bits per heavy atom. The van der Waals surface area contributed by atoms with Gasteiger partial charge < -0.3 is 24.3 Å². The SMILES string of the molecule is C[C@@H](OC(=O)c1ccc(OC(F)(F)F)cc1)C(=O)Nc1ccc2c(c1)OCCO2. The van der Waals surface area contributed by atoms with Crippen molar-refractivity contribution in [3.63, 3.8) is 0 Å². The van der Waals surface area contributed by atoms with Crippen molar-refractivity contribution in [1.82, 2.24) is 0 Å². The minimum absolute atomic E-state index is 0.0292. The van der Waals surface area contributed by atoms with E-state index < -0.39 is 30.1 Å². The zero-order valence-corrected chi connectivity index (χ0v) is 15.1. The number of carbonyl (C=O) groups excluding carboxylic acids is 2. The summed E-state index contributed by atoms with van der Waals surface area (Å²) in [6.07, 6.45) is -5.98. The summed E-state index contributed by atoms with van der Waals surface area (Å²) in [7, 11) is 0. The first-order chi connectivity index (χ1) is 13.7. The summed E-state index contributed by atoms with van der Waals surface area (Å²) in [6.45, 7) is 2.20. The molecule has 1 N–H and O–H groups in total. The smallest absolute Gasteiger partial charge is 0.486 e. The van der Waals surface area contributed by atoms with Crippen LogP contribution >= 0.6 is 0 Å². The van der Waals surface area contributed by atoms with Crippen LogP contribution in [0.25, 0.3) is 0 Å². The number of benzene rings is 2. The molecule has 1 amide bonds. The van der Waals surface area contributed by atoms with Crippen LogP contribution in [0.3, 0.4) is 0 Å². The summed E-state index contributed by atoms with van der Waals surface area (Å²) >= 11 is 0. The van der Waals surface area contributed by atoms with Crippen molar-refractivity contribution in [2.24, 2.45) is 0 Å². The van der Waals surface area contributed by atoms with Crippen molar-refractivity contribution in [2.45, 2.75) is 19.4 Å². The van der Waals surface area contributed by atoms with Crippen LogP contribution in [0.2, 0.25) is 0 Å². The largest absolute Gasteiger partial charge is 0.573 e. The van der Waals surface area contributed by atoms with Gasteiger partial charge in [-0.05, 0) is 43.3 Å². The molecule has 0 fully saturated rings. The summed E-state index contributed by atoms with van der Waals surface area (Å²) in [5.41, 5.74) is 0.398. The van der Waals surface area contributed by atoms with Crippen LogP contribution in [0, 0.1) is 0 Å². The Labute approximate surface area is 163 Å². The summed E-state index contributed by atoms with van der Waals surface area (Å²) in [6, 6.07) is 9.00. The highest BCUT2D eigenvalue weighted by Gasteiger charge is 2.31. The second kappa shape index (κ2) is 8.29. The Morgan fingerprint density at radius 1 is 1.03 bits per heavy atom. The van der Waals surface area contributed by atoms with Gasteiger partial charge in [0.1, 0.15) is 19.0 Å². The van der Waals surface area contributed by atoms with Crippen molar-refractivity contribution < 1.29 is 41.7 Å². The number of carbonyl (C=O) groups is 2. The van der Waals surface area contributed by atoms with E-state index >= 15 is 0 Å². The predicted molar refractivity (Wildman–Crippen MR) is 94.1 cm³/mol. The lowest BCUT2D eigenvalue weighted by Crippen LogP contribution is -2.30. The maximum atomic E-state index is 12.3. The number of halogens is 3. The molecule has 0 spiro atoms. The fourth-order valence-corrected chi connectivity index (χ4v) is 2.44. The van der Waals surface area contributed by atoms with Crippen LogP contribution < -0.4 is 19.5 Å². The number of rotatable bonds is 5. The summed E-state index contributed by atoms with van der Waals surface area (Å²) < 4.78 is 56.1. The van der Waals surface area contributed by atoms with Gasteiger partial charge in [-0.3, -0.25) is 4.79 Å². The van der Waals surface area contributed by atoms with Crippen LogP contribution in [0.5, 0.6) is 17.2 Å². The van der Waals surface area contributed by atoms with E-state index in [4.69, 9.17) is 14.2 Å². The average molecular weight is 411 g/mol. The van der Waals surface area contributed by atoms with Gasteiger partial charge in [-0.1, -0.05) is 0 Å². The molecule has 0 bridgehead atoms. The van der Waals surface area contributed by atoms with E-state index in [1.165, 1.54) is 6.92 Å². The lowest BCUT2D eigenvalue weighted by atomic mass is 10.2. The summed E-state index contributed by atoms with van der Waals surface area (Å²) in [5.74, 6) is -0.884. The zero-order valence-electron chi connectivity index (χ0n) is 15.1. The second-order valence-electron chi connectivity index (χ2n) is 5.97. The molecule has 1 aliphatic heterocycles. The van der Waals surface area contributed by atoms with Gasteiger partial charge in [-0.2, -0.15) is 0 Å². The number of hydrogen-bond acceptors (Lipinski definition) is 6. The molecular formula is C19H16F3NO6. The van der Waals surface area contributed by atoms with E-state index in [1.807, 2.05) is 0 Å². The molecule has 1 aliphatic rings. The molecule has 1 heterocycles. The number of fused-ring (bicyclic) bond motifs is 1. The predicted octanol–water partition coefficient (Wildman–Crippen LogP) is 3.54. The minimum Gasteiger partial charge on any atom is -0.486 e. The zero-order chi connectivity index (χ0) is 21.0. The van der Waals surface area contributed by atoms with Gasteiger partial charge in [-0.25, -0.2) is 4.79 Å². The van der Waals surface area contributed by atoms with Crippen LogP contribution in [-0.4, -0.2) is 37.6 Å². The van der Waals surface area contributed by atoms with E-state index in [0.29, 0.717) is 30.4 Å². The first kappa shape index (κ1) is 20.3. The topological polar surface area (TPSA) is 83.1 Å². The number of esters is 1. The summed E-state index contributed by atoms with van der Waals surface area (Å²) in [5, 5.41) is 2.59. The van der Waals surface area contributed by atoms with Crippen molar-refractivity contribution in [3.8, 4) is 17.2 Å². The van der Waals surface area contributed by atoms with Crippen LogP contribution in [0.15, 0.2) is 42.5 Å². The molecule has 10 heteroatoms. The Hall–Kier alpha value is -3.43. The maximum Gasteiger partial charge on any atom is 0.573 e. The van der Waals surface area contributed by atoms with Gasteiger partial charge in [0.2, 0.25) is 0 Å². The van der Waals surface area contributed by atoms with Crippen molar-refractivity contribution in [3.05, 3.63) is 48.0 Å². The van der Waals surface area contributed by atoms with E-state index in [2.05, 4.69) is 10.1 Å². The monoisotopic (exact) mass is 411 g/mol. The standard InChI is InChI=1S/C19H16F3NO6/c1-11(17(24)23-13-4-7-15-16(10-13)27-9-8-26-15)28-18(25)12-2-5-14(6-3-12)29-19(20,21)22/h2-7,10-11H,8-9H2,1H3,(H,23,24)/t11-/m1/s1. The maximum absolute atomic E-state index is 12.3. The molecule has 0 radical (unpaired) electrons. The highest BCUT2D eigenvalue weighted by atomic mass is 19.4. The Morgan fingerprint density at radius 3 is 2.34 bits per heavy atom. The van der Waals surface area contributed by atoms with Crippen LogP contribution in [-0.2, 0) is 9.53 Å². The van der Waals surface area contributed by atoms with Gasteiger partial charge in [0.15, 0.2) is 17.6 Å². The van der Waals surface area contributed by atoms with Gasteiger partial charge >= 0.3 is 12.3 Å². The molecule has 0 unspecified atom stereocenters. The van der Waals surface area contributed by atoms with E-state index in [1.54, 1.807) is 18.2 Å². The number of anilines is 1. The molecular weight excluding hydrogens is 395 g/mol. The van der Waals surface area contributed by atoms with E-state index in [-0.39, 0.29) is 5.56 Å². The molecule has 7 nitrogen and oxygen atoms in total. The molecule has 29 heavy (non-hydrogen) atoms. The van der Waals surface area contributed by atoms with Crippen molar-refractivity contribution >= 4 is 17.6 Å². The molecule has 0 aliphatic carbocycles. The quantitative estimate of drug-likeness (QED) is 0.758. The lowest BCUT2D eigenvalue weighted by molar-refractivity contribution is -0.274. The van der Waals surface area contributed by atoms with Gasteiger partial charge in [-0.15, -0.1) is 13.2 Å². The molecule has 0 saturated carbocycles. The summed E-state index contributed by atoms with van der Waals surface area (Å²) in [4.78, 5) is 24.4. The van der Waals surface area contributed by atoms with Crippen molar-refractivity contribution in [1.29, 1.82) is 0 Å². The van der Waals surface area contributed by atoms with Gasteiger partial charge in [0.05, 0.1) is 5.56 Å². The number of ether oxygens (including phenoxy) is 4. The van der Waals surface area contributed by atoms with Crippen molar-refractivity contribution in [2.75, 3.05) is 18.5 Å². The fraction of sp³-hybridized carbons (Fsp3) is 0.263. The third kappa shape index (κ3) is 5.53. The third-order valence-electron chi connectivity index (χ3n) is 3.79. The van der Waals surface area contributed by atoms with Crippen LogP contribution in [0.1, 0.15) is 17.3 Å². The van der Waals surface area contributed by atoms with E-state index in [0.717, 1.165) is 24.3 Å². The van der Waals surface area contributed by atoms with Gasteiger partial charge in [0, 0.05) is 11.8 Å². The molecule has 0 aromatic heterocycles. The van der Waals surface area contributed by atoms with Gasteiger partial charge in [0.25, 0.3) is 5.91 Å². The lowest BCUT2D eigenvalue weighted by Gasteiger charge is -2.19. The molecule has 2 aromatic carbocycles. The molecule has 0 saturated heterocycles. The Balaban J connectivity index is 1.57. The molecule has 154 valence electrons. The minimum atomic E-state index is -4.83.